The molecule has 2 heterocycles. The maximum absolute atomic E-state index is 11.7. The number of benzene rings is 7. The Morgan fingerprint density at radius 2 is 0.750 bits per heavy atom. The van der Waals surface area contributed by atoms with Gasteiger partial charge in [0.25, 0.3) is 0 Å². The van der Waals surface area contributed by atoms with Crippen molar-refractivity contribution in [1.29, 1.82) is 0 Å². The number of hydrogen-bond acceptors (Lipinski definition) is 8. The van der Waals surface area contributed by atoms with Gasteiger partial charge in [-0.15, -0.1) is 0 Å². The number of ether oxygens (including phenoxy) is 2. The average molecular weight is 999 g/mol. The van der Waals surface area contributed by atoms with E-state index in [1.54, 1.807) is 44.2 Å². The zero-order valence-electron chi connectivity index (χ0n) is 34.1. The van der Waals surface area contributed by atoms with Crippen molar-refractivity contribution in [1.82, 2.24) is 0 Å². The van der Waals surface area contributed by atoms with Crippen molar-refractivity contribution in [2.24, 2.45) is 0 Å². The summed E-state index contributed by atoms with van der Waals surface area (Å²) in [5.74, 6) is -0.587. The molecule has 322 valence electrons. The fourth-order valence-corrected chi connectivity index (χ4v) is 11.2. The second-order valence-corrected chi connectivity index (χ2v) is 19.0. The maximum atomic E-state index is 11.7. The first-order valence-electron chi connectivity index (χ1n) is 19.2. The van der Waals surface area contributed by atoms with E-state index in [4.69, 9.17) is 24.0 Å². The van der Waals surface area contributed by atoms with Crippen LogP contribution in [-0.4, -0.2) is 43.6 Å². The summed E-state index contributed by atoms with van der Waals surface area (Å²) in [5.41, 5.74) is 1.12. The Balaban J connectivity index is 0.000000187. The van der Waals surface area contributed by atoms with Crippen LogP contribution >= 0.6 is 20.9 Å². The number of fused-ring (bicyclic) bond motifs is 6. The zero-order chi connectivity index (χ0) is 45.0. The molecule has 12 heteroatoms. The number of carbonyl (C=O) groups is 3. The van der Waals surface area contributed by atoms with E-state index in [-0.39, 0.29) is 28.4 Å². The van der Waals surface area contributed by atoms with Crippen molar-refractivity contribution in [3.63, 3.8) is 0 Å². The van der Waals surface area contributed by atoms with Crippen LogP contribution in [-0.2, 0) is 15.6 Å². The quantitative estimate of drug-likeness (QED) is 0.0542. The molecule has 0 fully saturated rings. The van der Waals surface area contributed by atoms with Gasteiger partial charge in [-0.05, 0) is 98.8 Å². The number of hydrogen-bond donors (Lipinski definition) is 1. The summed E-state index contributed by atoms with van der Waals surface area (Å²) in [5, 5.41) is 13.6. The molecule has 9 rings (SSSR count). The van der Waals surface area contributed by atoms with E-state index < -0.39 is 38.5 Å². The monoisotopic (exact) mass is 997 g/mol. The molecular weight excluding hydrogens is 954 g/mol. The van der Waals surface area contributed by atoms with Gasteiger partial charge < -0.3 is 14.6 Å². The van der Waals surface area contributed by atoms with Crippen LogP contribution in [0.25, 0.3) is 50.1 Å². The minimum absolute atomic E-state index is 0. The van der Waals surface area contributed by atoms with Crippen LogP contribution in [0.5, 0.6) is 11.5 Å². The van der Waals surface area contributed by atoms with Gasteiger partial charge in [-0.2, -0.15) is 0 Å². The van der Waals surface area contributed by atoms with Gasteiger partial charge in [0.2, 0.25) is 0 Å². The third-order valence-electron chi connectivity index (χ3n) is 9.27. The van der Waals surface area contributed by atoms with Crippen LogP contribution in [0, 0.1) is 0 Å². The fourth-order valence-electron chi connectivity index (χ4n) is 6.47. The number of rotatable bonds is 7. The van der Waals surface area contributed by atoms with Gasteiger partial charge in [0.05, 0.1) is 5.56 Å². The molecule has 0 aliphatic heterocycles. The number of carboxylic acids is 1. The van der Waals surface area contributed by atoms with Crippen molar-refractivity contribution in [2.75, 3.05) is 0 Å². The number of carboxylic acid groups (broad SMARTS) is 1. The summed E-state index contributed by atoms with van der Waals surface area (Å²) in [6, 6.07) is 58.1. The van der Waals surface area contributed by atoms with E-state index in [9.17, 15) is 14.4 Å². The Hall–Kier alpha value is -6.75. The zero-order valence-corrected chi connectivity index (χ0v) is 38.3. The molecule has 1 N–H and O–H groups in total. The predicted molar refractivity (Wildman–Crippen MR) is 259 cm³/mol. The molecule has 2 aromatic heterocycles. The van der Waals surface area contributed by atoms with Crippen LogP contribution in [0.15, 0.2) is 200 Å². The third kappa shape index (κ3) is 11.8. The molecule has 0 spiro atoms. The summed E-state index contributed by atoms with van der Waals surface area (Å²) in [7, 11) is -0.257. The summed E-state index contributed by atoms with van der Waals surface area (Å²) in [6.07, 6.45) is 0. The molecule has 0 aliphatic rings. The van der Waals surface area contributed by atoms with Crippen molar-refractivity contribution >= 4 is 99.8 Å². The Bertz CT molecular complexity index is 2890. The van der Waals surface area contributed by atoms with Crippen LogP contribution in [0.1, 0.15) is 31.6 Å². The van der Waals surface area contributed by atoms with Crippen molar-refractivity contribution in [3.8, 4) is 21.3 Å². The molecule has 0 saturated heterocycles. The first-order valence-corrected chi connectivity index (χ1v) is 24.8. The van der Waals surface area contributed by atoms with Crippen molar-refractivity contribution < 1.29 is 38.4 Å². The van der Waals surface area contributed by atoms with Gasteiger partial charge in [-0.25, -0.2) is 14.4 Å². The van der Waals surface area contributed by atoms with E-state index >= 15 is 0 Å². The van der Waals surface area contributed by atoms with Gasteiger partial charge in [-0.3, -0.25) is 0 Å². The molecule has 0 bridgehead atoms. The number of aromatic carboxylic acids is 1. The molecule has 0 radical (unpaired) electrons. The molecule has 0 amide bonds. The van der Waals surface area contributed by atoms with Crippen LogP contribution < -0.4 is 12.9 Å². The second-order valence-electron chi connectivity index (χ2n) is 13.8. The Morgan fingerprint density at radius 3 is 1.00 bits per heavy atom. The molecule has 0 unspecified atom stereocenters. The van der Waals surface area contributed by atoms with Crippen LogP contribution in [0.2, 0.25) is 0 Å². The van der Waals surface area contributed by atoms with Gasteiger partial charge >= 0.3 is 47.9 Å². The van der Waals surface area contributed by atoms with Crippen molar-refractivity contribution in [3.05, 3.63) is 206 Å². The normalized spacial score (nSPS) is 10.2. The average Bonchev–Trinajstić information content (AvgIpc) is 3.81. The molecular formula is C52H44O9S2Sb+. The third-order valence-corrected chi connectivity index (χ3v) is 13.9. The van der Waals surface area contributed by atoms with E-state index in [0.717, 1.165) is 0 Å². The minimum atomic E-state index is -4.20. The molecule has 0 aliphatic carbocycles. The summed E-state index contributed by atoms with van der Waals surface area (Å²) >= 11 is -4.20. The fraction of sp³-hybridized carbons (Fsp3) is 0.0577. The molecule has 0 atom stereocenters. The topological polar surface area (TPSA) is 147 Å². The number of carbonyl (C=O) groups excluding carboxylic acids is 2. The van der Waals surface area contributed by atoms with Crippen molar-refractivity contribution in [2.45, 2.75) is 21.3 Å². The number of esters is 2. The predicted octanol–water partition coefficient (Wildman–Crippen LogP) is 12.6. The molecule has 64 heavy (non-hydrogen) atoms. The Kier molecular flexibility index (Phi) is 17.0. The van der Waals surface area contributed by atoms with E-state index in [0.29, 0.717) is 28.2 Å². The molecule has 7 aromatic carbocycles. The van der Waals surface area contributed by atoms with E-state index in [1.165, 1.54) is 50.1 Å². The summed E-state index contributed by atoms with van der Waals surface area (Å²) in [6.45, 7) is 10.5. The SMILES string of the molecule is C.C=C(C)C(=O)Oc1ccc(-[s+]2c3ccccc3c3ccccc32)cc1.C=C(C)C(=O)Oc1ccc(-[s+]2c3ccccc3c3ccccc32)cc1.O=C(O)c1ccccc1.[O]=[Sb](=[O])[O-]. The van der Waals surface area contributed by atoms with Gasteiger partial charge in [-0.1, -0.05) is 87.3 Å². The van der Waals surface area contributed by atoms with Crippen LogP contribution in [0.4, 0.5) is 0 Å². The second kappa shape index (κ2) is 22.6. The van der Waals surface area contributed by atoms with E-state index in [2.05, 4.69) is 110 Å². The van der Waals surface area contributed by atoms with Gasteiger partial charge in [0.15, 0.2) is 28.6 Å². The summed E-state index contributed by atoms with van der Waals surface area (Å²) < 4.78 is 41.8. The van der Waals surface area contributed by atoms with Crippen LogP contribution in [0.3, 0.4) is 0 Å². The standard InChI is InChI=1S/2C22H17O2S.C7H6O2.CH4.3O.Sb/c2*1-15(2)22(23)24-16-11-13-17(14-12-16)25-20-9-5-3-7-18(20)19-8-4-6-10-21(19)25;8-7(9)6-4-2-1-3-5-6;;;;;/h2*3-14H,1H2,2H3;1-5H,(H,8,9);1H4;;;;/q2*+1;;;;;-1;. The van der Waals surface area contributed by atoms with Gasteiger partial charge in [0, 0.05) is 77.9 Å². The molecule has 0 saturated carbocycles. The number of thiophene rings is 2. The Labute approximate surface area is 384 Å². The Morgan fingerprint density at radius 1 is 0.484 bits per heavy atom. The first-order chi connectivity index (χ1) is 30.3. The van der Waals surface area contributed by atoms with Gasteiger partial charge in [0.1, 0.15) is 11.5 Å². The molecule has 9 aromatic rings. The summed E-state index contributed by atoms with van der Waals surface area (Å²) in [4.78, 5) is 36.0. The van der Waals surface area contributed by atoms with E-state index in [1.807, 2.05) is 48.5 Å². The first kappa shape index (κ1) is 48.3. The molecule has 9 nitrogen and oxygen atoms in total.